The number of aromatic hydroxyl groups is 1. The average Bonchev–Trinajstić information content (AvgIpc) is 2.64. The summed E-state index contributed by atoms with van der Waals surface area (Å²) in [7, 11) is -1.75. The van der Waals surface area contributed by atoms with Crippen molar-refractivity contribution in [2.24, 2.45) is 0 Å². The molecule has 0 aliphatic carbocycles. The van der Waals surface area contributed by atoms with Gasteiger partial charge in [0.2, 0.25) is 5.91 Å². The first-order chi connectivity index (χ1) is 13.3. The van der Waals surface area contributed by atoms with Gasteiger partial charge in [-0.15, -0.1) is 0 Å². The zero-order valence-electron chi connectivity index (χ0n) is 16.2. The first-order valence-electron chi connectivity index (χ1n) is 9.26. The highest BCUT2D eigenvalue weighted by molar-refractivity contribution is 6.43. The van der Waals surface area contributed by atoms with Gasteiger partial charge in [0.05, 0.1) is 12.4 Å². The molecule has 0 radical (unpaired) electrons. The molecule has 0 aliphatic heterocycles. The van der Waals surface area contributed by atoms with Crippen molar-refractivity contribution in [3.05, 3.63) is 64.7 Å². The fourth-order valence-corrected chi connectivity index (χ4v) is 2.94. The molecule has 0 fully saturated rings. The lowest BCUT2D eigenvalue weighted by Crippen LogP contribution is -2.48. The first kappa shape index (κ1) is 21.7. The molecule has 2 rings (SSSR count). The fourth-order valence-electron chi connectivity index (χ4n) is 2.94. The van der Waals surface area contributed by atoms with E-state index in [9.17, 15) is 24.7 Å². The minimum Gasteiger partial charge on any atom is -0.507 e. The molecule has 7 heteroatoms. The second-order valence-corrected chi connectivity index (χ2v) is 7.07. The van der Waals surface area contributed by atoms with Crippen LogP contribution in [0.3, 0.4) is 0 Å². The maximum atomic E-state index is 12.3. The number of amides is 1. The quantitative estimate of drug-likeness (QED) is 0.491. The van der Waals surface area contributed by atoms with Crippen molar-refractivity contribution >= 4 is 18.8 Å². The molecule has 2 aromatic carbocycles. The largest absolute Gasteiger partial charge is 0.507 e. The molecule has 0 saturated carbocycles. The number of hydrogen-bond acceptors (Lipinski definition) is 5. The summed E-state index contributed by atoms with van der Waals surface area (Å²) in [6, 6.07) is 12.6. The number of Topliss-reactive ketones (excluding diaryl/α,β-unsaturated/α-hetero) is 1. The van der Waals surface area contributed by atoms with Crippen molar-refractivity contribution in [2.75, 3.05) is 0 Å². The molecular weight excluding hydrogens is 357 g/mol. The van der Waals surface area contributed by atoms with Gasteiger partial charge in [-0.3, -0.25) is 4.79 Å². The van der Waals surface area contributed by atoms with Gasteiger partial charge in [-0.1, -0.05) is 42.5 Å². The molecule has 0 saturated heterocycles. The predicted octanol–water partition coefficient (Wildman–Crippen LogP) is 1.50. The molecule has 1 atom stereocenters. The molecule has 0 aromatic heterocycles. The van der Waals surface area contributed by atoms with E-state index >= 15 is 0 Å². The van der Waals surface area contributed by atoms with Crippen LogP contribution in [0.1, 0.15) is 35.6 Å². The second-order valence-electron chi connectivity index (χ2n) is 7.07. The Hall–Kier alpha value is -2.64. The van der Waals surface area contributed by atoms with Gasteiger partial charge in [-0.2, -0.15) is 0 Å². The van der Waals surface area contributed by atoms with Crippen LogP contribution < -0.4 is 5.32 Å². The smallest absolute Gasteiger partial charge is 0.475 e. The normalized spacial score (nSPS) is 11.7. The van der Waals surface area contributed by atoms with Crippen molar-refractivity contribution in [3.8, 4) is 5.75 Å². The van der Waals surface area contributed by atoms with Gasteiger partial charge < -0.3 is 25.3 Å². The van der Waals surface area contributed by atoms with E-state index in [2.05, 4.69) is 5.32 Å². The average molecular weight is 383 g/mol. The monoisotopic (exact) mass is 383 g/mol. The molecule has 148 valence electrons. The Labute approximate surface area is 165 Å². The Bertz CT molecular complexity index is 820. The molecule has 0 spiro atoms. The lowest BCUT2D eigenvalue weighted by Gasteiger charge is -2.19. The molecule has 0 aliphatic rings. The SMILES string of the molecule is CC(=O)CCc1ccc(CC(=O)N[C@@H](Cc2cccc(C)c2O)B(O)O)cc1. The Morgan fingerprint density at radius 2 is 1.71 bits per heavy atom. The van der Waals surface area contributed by atoms with Crippen LogP contribution in [-0.4, -0.2) is 39.9 Å². The first-order valence-corrected chi connectivity index (χ1v) is 9.26. The van der Waals surface area contributed by atoms with Gasteiger partial charge in [0.15, 0.2) is 0 Å². The van der Waals surface area contributed by atoms with E-state index in [1.54, 1.807) is 32.0 Å². The van der Waals surface area contributed by atoms with Crippen molar-refractivity contribution < 1.29 is 24.7 Å². The fraction of sp³-hybridized carbons (Fsp3) is 0.333. The number of rotatable bonds is 9. The number of carbonyl (C=O) groups excluding carboxylic acids is 2. The van der Waals surface area contributed by atoms with Crippen LogP contribution in [0.15, 0.2) is 42.5 Å². The van der Waals surface area contributed by atoms with Crippen LogP contribution in [0.5, 0.6) is 5.75 Å². The Morgan fingerprint density at radius 3 is 2.32 bits per heavy atom. The topological polar surface area (TPSA) is 107 Å². The van der Waals surface area contributed by atoms with Gasteiger partial charge in [-0.05, 0) is 48.9 Å². The zero-order valence-corrected chi connectivity index (χ0v) is 16.2. The second kappa shape index (κ2) is 10.1. The minimum atomic E-state index is -1.75. The van der Waals surface area contributed by atoms with Gasteiger partial charge in [-0.25, -0.2) is 0 Å². The molecule has 0 heterocycles. The van der Waals surface area contributed by atoms with Crippen LogP contribution in [0.25, 0.3) is 0 Å². The molecule has 0 unspecified atom stereocenters. The number of nitrogens with one attached hydrogen (secondary N) is 1. The number of phenolic OH excluding ortho intramolecular Hbond substituents is 1. The Balaban J connectivity index is 1.96. The molecule has 6 nitrogen and oxygen atoms in total. The molecule has 1 amide bonds. The summed E-state index contributed by atoms with van der Waals surface area (Å²) >= 11 is 0. The third kappa shape index (κ3) is 6.51. The molecule has 2 aromatic rings. The van der Waals surface area contributed by atoms with E-state index in [-0.39, 0.29) is 30.3 Å². The summed E-state index contributed by atoms with van der Waals surface area (Å²) in [5, 5.41) is 32.0. The summed E-state index contributed by atoms with van der Waals surface area (Å²) in [5.74, 6) is -1.06. The maximum Gasteiger partial charge on any atom is 0.475 e. The summed E-state index contributed by atoms with van der Waals surface area (Å²) in [6.45, 7) is 3.31. The third-order valence-corrected chi connectivity index (χ3v) is 4.62. The zero-order chi connectivity index (χ0) is 20.7. The number of phenols is 1. The Morgan fingerprint density at radius 1 is 1.07 bits per heavy atom. The van der Waals surface area contributed by atoms with E-state index in [0.717, 1.165) is 11.1 Å². The maximum absolute atomic E-state index is 12.3. The summed E-state index contributed by atoms with van der Waals surface area (Å²) < 4.78 is 0. The highest BCUT2D eigenvalue weighted by Crippen LogP contribution is 2.23. The molecule has 0 bridgehead atoms. The van der Waals surface area contributed by atoms with Gasteiger partial charge in [0.25, 0.3) is 0 Å². The number of carbonyl (C=O) groups is 2. The number of ketones is 1. The summed E-state index contributed by atoms with van der Waals surface area (Å²) in [5.41, 5.74) is 3.03. The van der Waals surface area contributed by atoms with Crippen LogP contribution in [0.4, 0.5) is 0 Å². The van der Waals surface area contributed by atoms with E-state index in [4.69, 9.17) is 0 Å². The number of para-hydroxylation sites is 1. The van der Waals surface area contributed by atoms with Crippen LogP contribution in [0, 0.1) is 6.92 Å². The van der Waals surface area contributed by atoms with E-state index in [1.807, 2.05) is 24.3 Å². The number of hydrogen-bond donors (Lipinski definition) is 4. The Kier molecular flexibility index (Phi) is 7.78. The third-order valence-electron chi connectivity index (χ3n) is 4.62. The van der Waals surface area contributed by atoms with E-state index in [0.29, 0.717) is 24.0 Å². The van der Waals surface area contributed by atoms with Crippen LogP contribution in [-0.2, 0) is 28.9 Å². The molecule has 28 heavy (non-hydrogen) atoms. The lowest BCUT2D eigenvalue weighted by atomic mass is 9.75. The van der Waals surface area contributed by atoms with Gasteiger partial charge >= 0.3 is 7.12 Å². The number of benzene rings is 2. The molecule has 4 N–H and O–H groups in total. The minimum absolute atomic E-state index is 0.0866. The van der Waals surface area contributed by atoms with E-state index < -0.39 is 13.1 Å². The van der Waals surface area contributed by atoms with Crippen molar-refractivity contribution in [1.82, 2.24) is 5.32 Å². The van der Waals surface area contributed by atoms with Crippen LogP contribution >= 0.6 is 0 Å². The summed E-state index contributed by atoms with van der Waals surface area (Å²) in [6.07, 6.45) is 1.35. The summed E-state index contributed by atoms with van der Waals surface area (Å²) in [4.78, 5) is 23.4. The predicted molar refractivity (Wildman–Crippen MR) is 108 cm³/mol. The highest BCUT2D eigenvalue weighted by Gasteiger charge is 2.26. The van der Waals surface area contributed by atoms with E-state index in [1.165, 1.54) is 0 Å². The molecular formula is C21H26BNO5. The van der Waals surface area contributed by atoms with Crippen molar-refractivity contribution in [2.45, 2.75) is 45.5 Å². The highest BCUT2D eigenvalue weighted by atomic mass is 16.4. The number of aryl methyl sites for hydroxylation is 2. The lowest BCUT2D eigenvalue weighted by molar-refractivity contribution is -0.121. The van der Waals surface area contributed by atoms with Crippen molar-refractivity contribution in [1.29, 1.82) is 0 Å². The van der Waals surface area contributed by atoms with Gasteiger partial charge in [0, 0.05) is 6.42 Å². The standard InChI is InChI=1S/C21H26BNO5/c1-14-4-3-5-18(21(14)26)13-19(22(27)28)23-20(25)12-17-10-8-16(9-11-17)7-6-15(2)24/h3-5,8-11,19,26-28H,6-7,12-13H2,1-2H3,(H,23,25)/t19-/m0/s1. The van der Waals surface area contributed by atoms with Gasteiger partial charge in [0.1, 0.15) is 11.5 Å². The van der Waals surface area contributed by atoms with Crippen LogP contribution in [0.2, 0.25) is 0 Å². The van der Waals surface area contributed by atoms with Crippen molar-refractivity contribution in [3.63, 3.8) is 0 Å².